The summed E-state index contributed by atoms with van der Waals surface area (Å²) in [6.07, 6.45) is 1.19. The number of carbonyl (C=O) groups is 1. The summed E-state index contributed by atoms with van der Waals surface area (Å²) in [6, 6.07) is 8.00. The fourth-order valence-electron chi connectivity index (χ4n) is 5.27. The molecule has 0 saturated heterocycles. The minimum absolute atomic E-state index is 0.0821. The maximum absolute atomic E-state index is 14.2. The maximum atomic E-state index is 14.2. The van der Waals surface area contributed by atoms with Gasteiger partial charge in [0.1, 0.15) is 15.8 Å². The van der Waals surface area contributed by atoms with Crippen LogP contribution in [-0.4, -0.2) is 23.2 Å². The monoisotopic (exact) mass is 576 g/mol. The van der Waals surface area contributed by atoms with Gasteiger partial charge in [-0.1, -0.05) is 26.0 Å². The van der Waals surface area contributed by atoms with Gasteiger partial charge in [0.05, 0.1) is 23.9 Å². The Hall–Kier alpha value is -2.72. The molecule has 2 N–H and O–H groups in total. The first kappa shape index (κ1) is 27.8. The summed E-state index contributed by atoms with van der Waals surface area (Å²) in [5.41, 5.74) is 2.00. The summed E-state index contributed by atoms with van der Waals surface area (Å²) in [5, 5.41) is 12.1. The topological polar surface area (TPSA) is 71.5 Å². The third kappa shape index (κ3) is 6.22. The highest BCUT2D eigenvalue weighted by Gasteiger charge is 2.36. The second-order valence-electron chi connectivity index (χ2n) is 11.2. The number of carboxylic acid groups (broad SMARTS) is 1. The normalized spacial score (nSPS) is 17.7. The lowest BCUT2D eigenvalue weighted by Gasteiger charge is -2.34. The molecule has 0 spiro atoms. The van der Waals surface area contributed by atoms with E-state index < -0.39 is 17.7 Å². The van der Waals surface area contributed by atoms with E-state index in [-0.39, 0.29) is 28.4 Å². The number of alkyl halides is 3. The van der Waals surface area contributed by atoms with Gasteiger partial charge in [0.2, 0.25) is 0 Å². The summed E-state index contributed by atoms with van der Waals surface area (Å²) in [7, 11) is 1.46. The molecule has 0 radical (unpaired) electrons. The minimum atomic E-state index is -4.49. The van der Waals surface area contributed by atoms with Gasteiger partial charge in [0, 0.05) is 22.9 Å². The van der Waals surface area contributed by atoms with Gasteiger partial charge in [-0.3, -0.25) is 0 Å². The van der Waals surface area contributed by atoms with Gasteiger partial charge in [-0.25, -0.2) is 9.78 Å². The van der Waals surface area contributed by atoms with E-state index in [2.05, 4.69) is 23.6 Å². The predicted molar refractivity (Wildman–Crippen MR) is 149 cm³/mol. The van der Waals surface area contributed by atoms with Gasteiger partial charge in [-0.15, -0.1) is 11.3 Å². The van der Waals surface area contributed by atoms with E-state index in [9.17, 15) is 23.1 Å². The molecule has 2 fully saturated rings. The Morgan fingerprint density at radius 2 is 1.85 bits per heavy atom. The number of aromatic carboxylic acids is 1. The molecular weight excluding hydrogens is 545 g/mol. The van der Waals surface area contributed by atoms with Gasteiger partial charge >= 0.3 is 12.1 Å². The molecule has 0 aliphatic heterocycles. The van der Waals surface area contributed by atoms with Crippen LogP contribution in [0.2, 0.25) is 0 Å². The van der Waals surface area contributed by atoms with E-state index in [0.717, 1.165) is 72.9 Å². The van der Waals surface area contributed by atoms with Crippen LogP contribution in [0.15, 0.2) is 40.7 Å². The Morgan fingerprint density at radius 3 is 2.46 bits per heavy atom. The molecule has 0 unspecified atom stereocenters. The highest BCUT2D eigenvalue weighted by Crippen LogP contribution is 2.47. The highest BCUT2D eigenvalue weighted by molar-refractivity contribution is 8.00. The van der Waals surface area contributed by atoms with Crippen molar-refractivity contribution in [3.05, 3.63) is 58.0 Å². The number of thiazole rings is 1. The van der Waals surface area contributed by atoms with Crippen molar-refractivity contribution in [3.8, 4) is 16.3 Å². The second-order valence-corrected chi connectivity index (χ2v) is 12.8. The number of methoxy groups -OCH3 is 1. The van der Waals surface area contributed by atoms with Crippen LogP contribution in [-0.2, 0) is 6.18 Å². The number of carboxylic acids is 1. The number of anilines is 1. The Morgan fingerprint density at radius 1 is 1.13 bits per heavy atom. The lowest BCUT2D eigenvalue weighted by Crippen LogP contribution is -2.20. The third-order valence-corrected chi connectivity index (χ3v) is 9.52. The first-order valence-corrected chi connectivity index (χ1v) is 14.7. The third-order valence-electron chi connectivity index (χ3n) is 7.76. The van der Waals surface area contributed by atoms with Crippen molar-refractivity contribution >= 4 is 34.9 Å². The standard InChI is InChI=1S/C29H31F3N2O3S2/c1-28(2)10-8-16(9-11-28)18-6-7-19(22(12-18)29(30,31)32)26-33-25(15-38-26)39-34-23-13-20(17-4-5-17)21(27(35)36)14-24(23)37-3/h6-7,12-17,34H,4-5,8-11H2,1-3H3,(H,35,36). The molecule has 2 aliphatic rings. The van der Waals surface area contributed by atoms with Crippen molar-refractivity contribution < 1.29 is 27.8 Å². The molecule has 2 aliphatic carbocycles. The van der Waals surface area contributed by atoms with Gasteiger partial charge < -0.3 is 14.6 Å². The molecular formula is C29H31F3N2O3S2. The Bertz CT molecular complexity index is 1370. The van der Waals surface area contributed by atoms with Crippen molar-refractivity contribution in [2.24, 2.45) is 5.41 Å². The van der Waals surface area contributed by atoms with Crippen LogP contribution in [0.5, 0.6) is 5.75 Å². The van der Waals surface area contributed by atoms with E-state index in [1.807, 2.05) is 6.07 Å². The predicted octanol–water partition coefficient (Wildman–Crippen LogP) is 9.22. The number of rotatable bonds is 8. The molecule has 3 aromatic rings. The first-order chi connectivity index (χ1) is 18.4. The van der Waals surface area contributed by atoms with Gasteiger partial charge in [0.25, 0.3) is 0 Å². The van der Waals surface area contributed by atoms with Crippen LogP contribution in [0.3, 0.4) is 0 Å². The van der Waals surface area contributed by atoms with E-state index >= 15 is 0 Å². The van der Waals surface area contributed by atoms with Crippen molar-refractivity contribution in [3.63, 3.8) is 0 Å². The number of benzene rings is 2. The van der Waals surface area contributed by atoms with E-state index in [1.54, 1.807) is 17.5 Å². The van der Waals surface area contributed by atoms with Crippen LogP contribution in [0.4, 0.5) is 18.9 Å². The Balaban J connectivity index is 1.37. The molecule has 208 valence electrons. The summed E-state index contributed by atoms with van der Waals surface area (Å²) >= 11 is 2.32. The zero-order valence-electron chi connectivity index (χ0n) is 22.0. The molecule has 1 aromatic heterocycles. The van der Waals surface area contributed by atoms with Crippen molar-refractivity contribution in [2.75, 3.05) is 11.8 Å². The Labute approximate surface area is 234 Å². The van der Waals surface area contributed by atoms with E-state index in [4.69, 9.17) is 4.74 Å². The molecule has 0 amide bonds. The van der Waals surface area contributed by atoms with Gasteiger partial charge in [0.15, 0.2) is 0 Å². The lowest BCUT2D eigenvalue weighted by molar-refractivity contribution is -0.137. The lowest BCUT2D eigenvalue weighted by atomic mass is 9.71. The van der Waals surface area contributed by atoms with Gasteiger partial charge in [-0.05, 0) is 85.1 Å². The number of aromatic nitrogens is 1. The largest absolute Gasteiger partial charge is 0.495 e. The number of hydrogen-bond acceptors (Lipinski definition) is 6. The molecule has 1 heterocycles. The fraction of sp³-hybridized carbons (Fsp3) is 0.448. The average molecular weight is 577 g/mol. The van der Waals surface area contributed by atoms with Crippen molar-refractivity contribution in [1.29, 1.82) is 0 Å². The molecule has 10 heteroatoms. The smallest absolute Gasteiger partial charge is 0.417 e. The molecule has 0 atom stereocenters. The number of nitrogens with zero attached hydrogens (tertiary/aromatic N) is 1. The highest BCUT2D eigenvalue weighted by atomic mass is 32.2. The Kier molecular flexibility index (Phi) is 7.63. The summed E-state index contributed by atoms with van der Waals surface area (Å²) < 4.78 is 51.1. The molecule has 5 nitrogen and oxygen atoms in total. The summed E-state index contributed by atoms with van der Waals surface area (Å²) in [5.74, 6) is -0.275. The molecule has 2 aromatic carbocycles. The second kappa shape index (κ2) is 10.7. The molecule has 5 rings (SSSR count). The average Bonchev–Trinajstić information content (AvgIpc) is 3.63. The summed E-state index contributed by atoms with van der Waals surface area (Å²) in [6.45, 7) is 4.43. The molecule has 39 heavy (non-hydrogen) atoms. The first-order valence-electron chi connectivity index (χ1n) is 13.0. The van der Waals surface area contributed by atoms with Crippen molar-refractivity contribution in [1.82, 2.24) is 4.98 Å². The quantitative estimate of drug-likeness (QED) is 0.261. The van der Waals surface area contributed by atoms with Gasteiger partial charge in [-0.2, -0.15) is 13.2 Å². The number of halogens is 3. The minimum Gasteiger partial charge on any atom is -0.495 e. The van der Waals surface area contributed by atoms with E-state index in [0.29, 0.717) is 21.5 Å². The van der Waals surface area contributed by atoms with Crippen molar-refractivity contribution in [2.45, 2.75) is 75.4 Å². The number of ether oxygens (including phenoxy) is 1. The molecule has 2 saturated carbocycles. The molecule has 0 bridgehead atoms. The maximum Gasteiger partial charge on any atom is 0.417 e. The van der Waals surface area contributed by atoms with E-state index in [1.165, 1.54) is 19.2 Å². The number of hydrogen-bond donors (Lipinski definition) is 2. The van der Waals surface area contributed by atoms with Crippen LogP contribution < -0.4 is 9.46 Å². The van der Waals surface area contributed by atoms with Crippen LogP contribution in [0, 0.1) is 5.41 Å². The van der Waals surface area contributed by atoms with Crippen LogP contribution >= 0.6 is 23.3 Å². The fourth-order valence-corrected chi connectivity index (χ4v) is 6.90. The zero-order chi connectivity index (χ0) is 27.9. The van der Waals surface area contributed by atoms with Crippen LogP contribution in [0.1, 0.15) is 91.3 Å². The number of nitrogens with one attached hydrogen (secondary N) is 1. The SMILES string of the molecule is COc1cc(C(=O)O)c(C2CC2)cc1NSc1csc(-c2ccc(C3CCC(C)(C)CC3)cc2C(F)(F)F)n1. The summed E-state index contributed by atoms with van der Waals surface area (Å²) in [4.78, 5) is 16.2. The van der Waals surface area contributed by atoms with Crippen LogP contribution in [0.25, 0.3) is 10.6 Å². The zero-order valence-corrected chi connectivity index (χ0v) is 23.7.